The maximum absolute atomic E-state index is 11.9. The molecule has 1 amide bonds. The Kier molecular flexibility index (Phi) is 4.65. The van der Waals surface area contributed by atoms with Crippen LogP contribution in [0.15, 0.2) is 30.3 Å². The molecule has 0 radical (unpaired) electrons. The van der Waals surface area contributed by atoms with Gasteiger partial charge in [0.25, 0.3) is 5.91 Å². The third-order valence-corrected chi connectivity index (χ3v) is 2.90. The van der Waals surface area contributed by atoms with E-state index in [4.69, 9.17) is 19.9 Å². The molecule has 2 N–H and O–H groups in total. The van der Waals surface area contributed by atoms with E-state index in [-0.39, 0.29) is 18.5 Å². The number of carbonyl (C=O) groups is 1. The van der Waals surface area contributed by atoms with Gasteiger partial charge in [-0.2, -0.15) is 0 Å². The Labute approximate surface area is 123 Å². The van der Waals surface area contributed by atoms with Gasteiger partial charge in [0.1, 0.15) is 17.1 Å². The molecule has 0 atom stereocenters. The monoisotopic (exact) mass is 289 g/mol. The van der Waals surface area contributed by atoms with Crippen molar-refractivity contribution >= 4 is 16.7 Å². The van der Waals surface area contributed by atoms with E-state index in [1.165, 1.54) is 7.11 Å². The molecule has 21 heavy (non-hydrogen) atoms. The Morgan fingerprint density at radius 2 is 2.00 bits per heavy atom. The molecule has 5 heteroatoms. The highest BCUT2D eigenvalue weighted by Gasteiger charge is 2.21. The molecular formula is C16H19NO4. The first kappa shape index (κ1) is 15.1. The van der Waals surface area contributed by atoms with E-state index in [1.807, 2.05) is 38.1 Å². The van der Waals surface area contributed by atoms with Crippen LogP contribution in [-0.4, -0.2) is 25.9 Å². The van der Waals surface area contributed by atoms with Crippen LogP contribution in [0, 0.1) is 0 Å². The van der Waals surface area contributed by atoms with E-state index in [9.17, 15) is 4.79 Å². The number of rotatable bonds is 6. The molecule has 0 bridgehead atoms. The fraction of sp³-hybridized carbons (Fsp3) is 0.312. The number of fused-ring (bicyclic) bond motifs is 1. The van der Waals surface area contributed by atoms with Gasteiger partial charge in [-0.25, -0.2) is 0 Å². The highest BCUT2D eigenvalue weighted by atomic mass is 16.7. The normalized spacial score (nSPS) is 10.9. The number of hydrogen-bond acceptors (Lipinski definition) is 4. The molecular weight excluding hydrogens is 270 g/mol. The molecule has 2 aromatic rings. The summed E-state index contributed by atoms with van der Waals surface area (Å²) in [4.78, 5) is 11.9. The second-order valence-corrected chi connectivity index (χ2v) is 4.88. The van der Waals surface area contributed by atoms with Gasteiger partial charge in [-0.1, -0.05) is 24.3 Å². The number of carbonyl (C=O) groups excluding carboxylic acids is 1. The molecule has 2 rings (SSSR count). The van der Waals surface area contributed by atoms with Crippen molar-refractivity contribution in [3.05, 3.63) is 35.9 Å². The molecule has 0 aliphatic carbocycles. The maximum atomic E-state index is 11.9. The van der Waals surface area contributed by atoms with Gasteiger partial charge in [-0.3, -0.25) is 4.79 Å². The number of hydrogen-bond donors (Lipinski definition) is 1. The number of amides is 1. The van der Waals surface area contributed by atoms with Crippen LogP contribution in [0.3, 0.4) is 0 Å². The van der Waals surface area contributed by atoms with Crippen molar-refractivity contribution in [1.29, 1.82) is 0 Å². The summed E-state index contributed by atoms with van der Waals surface area (Å²) in [6, 6.07) is 9.37. The first-order chi connectivity index (χ1) is 10.0. The van der Waals surface area contributed by atoms with Gasteiger partial charge in [0.2, 0.25) is 0 Å². The summed E-state index contributed by atoms with van der Waals surface area (Å²) in [5, 5.41) is 1.70. The van der Waals surface area contributed by atoms with Gasteiger partial charge >= 0.3 is 0 Å². The first-order valence-electron chi connectivity index (χ1n) is 6.68. The summed E-state index contributed by atoms with van der Waals surface area (Å²) >= 11 is 0. The molecule has 0 spiro atoms. The molecule has 0 saturated carbocycles. The van der Waals surface area contributed by atoms with E-state index in [1.54, 1.807) is 6.07 Å². The minimum atomic E-state index is -0.595. The fourth-order valence-corrected chi connectivity index (χ4v) is 2.14. The highest BCUT2D eigenvalue weighted by molar-refractivity contribution is 6.06. The largest absolute Gasteiger partial charge is 0.490 e. The zero-order chi connectivity index (χ0) is 15.4. The highest BCUT2D eigenvalue weighted by Crippen LogP contribution is 2.37. The van der Waals surface area contributed by atoms with Crippen molar-refractivity contribution in [2.45, 2.75) is 20.0 Å². The van der Waals surface area contributed by atoms with E-state index in [2.05, 4.69) is 0 Å². The van der Waals surface area contributed by atoms with Crippen LogP contribution in [-0.2, 0) is 4.74 Å². The van der Waals surface area contributed by atoms with E-state index < -0.39 is 5.91 Å². The molecule has 0 unspecified atom stereocenters. The summed E-state index contributed by atoms with van der Waals surface area (Å²) in [5.74, 6) is 0.211. The van der Waals surface area contributed by atoms with E-state index >= 15 is 0 Å². The van der Waals surface area contributed by atoms with Crippen LogP contribution in [0.2, 0.25) is 0 Å². The van der Waals surface area contributed by atoms with Crippen LogP contribution >= 0.6 is 0 Å². The third-order valence-electron chi connectivity index (χ3n) is 2.90. The lowest BCUT2D eigenvalue weighted by molar-refractivity contribution is 0.0510. The number of nitrogens with two attached hydrogens (primary N) is 1. The summed E-state index contributed by atoms with van der Waals surface area (Å²) in [5.41, 5.74) is 5.75. The average Bonchev–Trinajstić information content (AvgIpc) is 2.43. The first-order valence-corrected chi connectivity index (χ1v) is 6.68. The molecule has 5 nitrogen and oxygen atoms in total. The molecule has 0 aliphatic rings. The molecule has 0 aliphatic heterocycles. The van der Waals surface area contributed by atoms with Gasteiger partial charge in [-0.15, -0.1) is 0 Å². The van der Waals surface area contributed by atoms with Gasteiger partial charge in [0, 0.05) is 12.5 Å². The Bertz CT molecular complexity index is 652. The average molecular weight is 289 g/mol. The number of primary amides is 1. The molecule has 112 valence electrons. The van der Waals surface area contributed by atoms with Crippen molar-refractivity contribution in [2.75, 3.05) is 13.9 Å². The van der Waals surface area contributed by atoms with Crippen molar-refractivity contribution in [2.24, 2.45) is 5.73 Å². The SMILES string of the molecule is COCOc1c(C(N)=O)c(OC(C)C)cc2ccccc12. The van der Waals surface area contributed by atoms with E-state index in [0.717, 1.165) is 10.8 Å². The summed E-state index contributed by atoms with van der Waals surface area (Å²) in [7, 11) is 1.51. The summed E-state index contributed by atoms with van der Waals surface area (Å²) in [6.45, 7) is 3.79. The van der Waals surface area contributed by atoms with Crippen LogP contribution in [0.4, 0.5) is 0 Å². The van der Waals surface area contributed by atoms with Gasteiger partial charge in [0.05, 0.1) is 6.10 Å². The lowest BCUT2D eigenvalue weighted by atomic mass is 10.0. The Balaban J connectivity index is 2.70. The minimum Gasteiger partial charge on any atom is -0.490 e. The van der Waals surface area contributed by atoms with Crippen molar-refractivity contribution in [1.82, 2.24) is 0 Å². The van der Waals surface area contributed by atoms with E-state index in [0.29, 0.717) is 11.5 Å². The summed E-state index contributed by atoms with van der Waals surface area (Å²) < 4.78 is 16.2. The quantitative estimate of drug-likeness (QED) is 0.830. The van der Waals surface area contributed by atoms with Crippen molar-refractivity contribution in [3.63, 3.8) is 0 Å². The Hall–Kier alpha value is -2.27. The molecule has 0 fully saturated rings. The van der Waals surface area contributed by atoms with Gasteiger partial charge in [0.15, 0.2) is 6.79 Å². The van der Waals surface area contributed by atoms with Crippen LogP contribution in [0.1, 0.15) is 24.2 Å². The Morgan fingerprint density at radius 3 is 2.62 bits per heavy atom. The third kappa shape index (κ3) is 3.25. The smallest absolute Gasteiger partial charge is 0.256 e. The predicted octanol–water partition coefficient (Wildman–Crippen LogP) is 2.71. The number of benzene rings is 2. The molecule has 0 saturated heterocycles. The zero-order valence-corrected chi connectivity index (χ0v) is 12.4. The van der Waals surface area contributed by atoms with Gasteiger partial charge < -0.3 is 19.9 Å². The lowest BCUT2D eigenvalue weighted by Gasteiger charge is -2.18. The summed E-state index contributed by atoms with van der Waals surface area (Å²) in [6.07, 6.45) is -0.0838. The molecule has 2 aromatic carbocycles. The molecule has 0 heterocycles. The topological polar surface area (TPSA) is 70.8 Å². The molecule has 0 aromatic heterocycles. The lowest BCUT2D eigenvalue weighted by Crippen LogP contribution is -2.18. The minimum absolute atomic E-state index is 0.0232. The fourth-order valence-electron chi connectivity index (χ4n) is 2.14. The van der Waals surface area contributed by atoms with Gasteiger partial charge in [-0.05, 0) is 25.3 Å². The van der Waals surface area contributed by atoms with Crippen molar-refractivity contribution in [3.8, 4) is 11.5 Å². The van der Waals surface area contributed by atoms with Crippen LogP contribution < -0.4 is 15.2 Å². The van der Waals surface area contributed by atoms with Crippen LogP contribution in [0.25, 0.3) is 10.8 Å². The second-order valence-electron chi connectivity index (χ2n) is 4.88. The second kappa shape index (κ2) is 6.45. The number of methoxy groups -OCH3 is 1. The standard InChI is InChI=1S/C16H19NO4/c1-10(2)21-13-8-11-6-4-5-7-12(11)15(20-9-19-3)14(13)16(17)18/h4-8,10H,9H2,1-3H3,(H2,17,18). The zero-order valence-electron chi connectivity index (χ0n) is 12.4. The van der Waals surface area contributed by atoms with Crippen LogP contribution in [0.5, 0.6) is 11.5 Å². The predicted molar refractivity (Wildman–Crippen MR) is 80.7 cm³/mol. The number of ether oxygens (including phenoxy) is 3. The van der Waals surface area contributed by atoms with Crippen molar-refractivity contribution < 1.29 is 19.0 Å². The maximum Gasteiger partial charge on any atom is 0.256 e. The Morgan fingerprint density at radius 1 is 1.29 bits per heavy atom.